The highest BCUT2D eigenvalue weighted by atomic mass is 32.1. The van der Waals surface area contributed by atoms with Gasteiger partial charge in [-0.05, 0) is 46.2 Å². The first-order valence-corrected chi connectivity index (χ1v) is 12.6. The summed E-state index contributed by atoms with van der Waals surface area (Å²) < 4.78 is 51.3. The number of ether oxygens (including phenoxy) is 3. The Labute approximate surface area is 209 Å². The molecule has 192 valence electrons. The van der Waals surface area contributed by atoms with Crippen LogP contribution in [0.2, 0.25) is 0 Å². The topological polar surface area (TPSA) is 93.5 Å². The normalized spacial score (nSPS) is 25.6. The van der Waals surface area contributed by atoms with Gasteiger partial charge in [0.05, 0.1) is 24.3 Å². The Balaban J connectivity index is 1.31. The van der Waals surface area contributed by atoms with E-state index in [0.29, 0.717) is 29.2 Å². The number of carbonyl (C=O) groups excluding carboxylic acids is 1. The summed E-state index contributed by atoms with van der Waals surface area (Å²) in [6.45, 7) is 7.72. The van der Waals surface area contributed by atoms with Crippen LogP contribution >= 0.6 is 11.3 Å². The van der Waals surface area contributed by atoms with E-state index in [1.165, 1.54) is 24.3 Å². The van der Waals surface area contributed by atoms with Crippen LogP contribution in [0.25, 0.3) is 21.7 Å². The molecule has 1 aromatic carbocycles. The van der Waals surface area contributed by atoms with Gasteiger partial charge in [-0.3, -0.25) is 4.90 Å². The van der Waals surface area contributed by atoms with E-state index >= 15 is 0 Å². The number of hydrogen-bond donors (Lipinski definition) is 0. The number of nitrogens with zero attached hydrogens (tertiary/aromatic N) is 4. The van der Waals surface area contributed by atoms with Gasteiger partial charge in [-0.25, -0.2) is 9.78 Å². The lowest BCUT2D eigenvalue weighted by molar-refractivity contribution is -0.217. The van der Waals surface area contributed by atoms with Crippen molar-refractivity contribution in [2.45, 2.75) is 63.5 Å². The van der Waals surface area contributed by atoms with Crippen LogP contribution < -0.4 is 9.64 Å². The van der Waals surface area contributed by atoms with E-state index < -0.39 is 17.3 Å². The predicted molar refractivity (Wildman–Crippen MR) is 128 cm³/mol. The number of rotatable bonds is 5. The standard InChI is InChI=1S/C24H26F2N4O5S/c1-22(2,3)35-21(31)30-13-9-14(30)11-29(10-13)20-28-17-16(34-24(25,26)23(4)12-32-23)6-5-15(18(17)33-20)19-27-7-8-36-19/h5-8,13-14H,9-12H2,1-4H3. The molecule has 36 heavy (non-hydrogen) atoms. The van der Waals surface area contributed by atoms with Crippen LogP contribution in [0.15, 0.2) is 28.1 Å². The van der Waals surface area contributed by atoms with Crippen molar-refractivity contribution in [3.05, 3.63) is 23.7 Å². The summed E-state index contributed by atoms with van der Waals surface area (Å²) in [5.74, 6) is -0.0976. The van der Waals surface area contributed by atoms with Gasteiger partial charge in [0.25, 0.3) is 6.01 Å². The lowest BCUT2D eigenvalue weighted by Crippen LogP contribution is -2.70. The quantitative estimate of drug-likeness (QED) is 0.438. The maximum atomic E-state index is 14.8. The molecular formula is C24H26F2N4O5S. The Hall–Kier alpha value is -2.99. The molecule has 0 saturated carbocycles. The first kappa shape index (κ1) is 23.4. The Bertz CT molecular complexity index is 1310. The molecule has 0 aliphatic carbocycles. The molecule has 3 unspecified atom stereocenters. The van der Waals surface area contributed by atoms with E-state index in [-0.39, 0.29) is 42.1 Å². The molecule has 3 aromatic rings. The molecular weight excluding hydrogens is 494 g/mol. The highest BCUT2D eigenvalue weighted by Gasteiger charge is 2.64. The van der Waals surface area contributed by atoms with Crippen LogP contribution in [-0.4, -0.2) is 70.1 Å². The van der Waals surface area contributed by atoms with E-state index in [1.54, 1.807) is 17.2 Å². The molecule has 3 atom stereocenters. The van der Waals surface area contributed by atoms with Gasteiger partial charge in [0.15, 0.2) is 22.5 Å². The van der Waals surface area contributed by atoms with E-state index in [9.17, 15) is 13.6 Å². The molecule has 4 saturated heterocycles. The zero-order valence-electron chi connectivity index (χ0n) is 20.3. The molecule has 4 aliphatic rings. The summed E-state index contributed by atoms with van der Waals surface area (Å²) in [6.07, 6.45) is -1.35. The minimum absolute atomic E-state index is 0.0425. The molecule has 7 rings (SSSR count). The van der Waals surface area contributed by atoms with Gasteiger partial charge >= 0.3 is 12.2 Å². The van der Waals surface area contributed by atoms with E-state index in [0.717, 1.165) is 6.42 Å². The van der Waals surface area contributed by atoms with Gasteiger partial charge in [0.1, 0.15) is 10.6 Å². The summed E-state index contributed by atoms with van der Waals surface area (Å²) in [7, 11) is 0. The number of aromatic nitrogens is 2. The summed E-state index contributed by atoms with van der Waals surface area (Å²) in [5.41, 5.74) is -1.10. The van der Waals surface area contributed by atoms with Crippen LogP contribution in [0.3, 0.4) is 0 Å². The van der Waals surface area contributed by atoms with Crippen molar-refractivity contribution in [3.63, 3.8) is 0 Å². The molecule has 1 amide bonds. The molecule has 6 heterocycles. The van der Waals surface area contributed by atoms with E-state index in [2.05, 4.69) is 9.97 Å². The van der Waals surface area contributed by atoms with Crippen LogP contribution in [-0.2, 0) is 9.47 Å². The number of oxazole rings is 1. The number of hydrogen-bond acceptors (Lipinski definition) is 9. The van der Waals surface area contributed by atoms with Gasteiger partial charge < -0.3 is 23.5 Å². The number of benzene rings is 1. The second kappa shape index (κ2) is 7.75. The fraction of sp³-hybridized carbons (Fsp3) is 0.542. The molecule has 9 nitrogen and oxygen atoms in total. The molecule has 2 aromatic heterocycles. The summed E-state index contributed by atoms with van der Waals surface area (Å²) in [5, 5.41) is 2.50. The molecule has 2 bridgehead atoms. The zero-order valence-corrected chi connectivity index (χ0v) is 21.1. The van der Waals surface area contributed by atoms with Crippen molar-refractivity contribution in [2.75, 3.05) is 24.6 Å². The van der Waals surface area contributed by atoms with Crippen molar-refractivity contribution in [2.24, 2.45) is 0 Å². The van der Waals surface area contributed by atoms with Crippen molar-refractivity contribution >= 4 is 34.5 Å². The molecule has 12 heteroatoms. The average Bonchev–Trinajstić information content (AvgIpc) is 3.19. The van der Waals surface area contributed by atoms with E-state index in [1.807, 2.05) is 31.1 Å². The summed E-state index contributed by atoms with van der Waals surface area (Å²) in [6, 6.07) is 3.31. The van der Waals surface area contributed by atoms with Crippen LogP contribution in [0.4, 0.5) is 19.6 Å². The monoisotopic (exact) mass is 520 g/mol. The van der Waals surface area contributed by atoms with Crippen molar-refractivity contribution < 1.29 is 32.2 Å². The minimum Gasteiger partial charge on any atom is -0.444 e. The number of carbonyl (C=O) groups is 1. The number of halogens is 2. The minimum atomic E-state index is -3.54. The van der Waals surface area contributed by atoms with Gasteiger partial charge in [-0.2, -0.15) is 13.8 Å². The third kappa shape index (κ3) is 3.86. The molecule has 0 radical (unpaired) electrons. The van der Waals surface area contributed by atoms with Crippen molar-refractivity contribution in [1.29, 1.82) is 0 Å². The Morgan fingerprint density at radius 3 is 2.58 bits per heavy atom. The third-order valence-corrected chi connectivity index (χ3v) is 7.46. The highest BCUT2D eigenvalue weighted by molar-refractivity contribution is 7.13. The largest absolute Gasteiger partial charge is 0.444 e. The first-order valence-electron chi connectivity index (χ1n) is 11.7. The number of amides is 1. The molecule has 4 fully saturated rings. The average molecular weight is 521 g/mol. The lowest BCUT2D eigenvalue weighted by atomic mass is 9.88. The second-order valence-corrected chi connectivity index (χ2v) is 11.5. The van der Waals surface area contributed by atoms with Gasteiger partial charge in [0, 0.05) is 24.7 Å². The van der Waals surface area contributed by atoms with Crippen molar-refractivity contribution in [1.82, 2.24) is 14.9 Å². The zero-order chi connectivity index (χ0) is 25.5. The second-order valence-electron chi connectivity index (χ2n) is 10.6. The Morgan fingerprint density at radius 2 is 1.97 bits per heavy atom. The van der Waals surface area contributed by atoms with Crippen LogP contribution in [0, 0.1) is 0 Å². The summed E-state index contributed by atoms with van der Waals surface area (Å²) in [4.78, 5) is 25.2. The molecule has 0 spiro atoms. The number of alkyl halides is 2. The fourth-order valence-corrected chi connectivity index (χ4v) is 5.28. The van der Waals surface area contributed by atoms with Gasteiger partial charge in [-0.1, -0.05) is 0 Å². The highest BCUT2D eigenvalue weighted by Crippen LogP contribution is 2.46. The predicted octanol–water partition coefficient (Wildman–Crippen LogP) is 4.91. The maximum absolute atomic E-state index is 14.8. The maximum Gasteiger partial charge on any atom is 0.429 e. The number of fused-ring (bicyclic) bond motifs is 3. The van der Waals surface area contributed by atoms with Crippen LogP contribution in [0.1, 0.15) is 34.1 Å². The smallest absolute Gasteiger partial charge is 0.429 e. The lowest BCUT2D eigenvalue weighted by Gasteiger charge is -2.55. The molecule has 0 N–H and O–H groups in total. The first-order chi connectivity index (χ1) is 16.9. The van der Waals surface area contributed by atoms with Crippen LogP contribution in [0.5, 0.6) is 5.75 Å². The van der Waals surface area contributed by atoms with Gasteiger partial charge in [-0.15, -0.1) is 11.3 Å². The van der Waals surface area contributed by atoms with E-state index in [4.69, 9.17) is 18.6 Å². The number of anilines is 1. The van der Waals surface area contributed by atoms with Gasteiger partial charge in [0.2, 0.25) is 0 Å². The fourth-order valence-electron chi connectivity index (χ4n) is 4.62. The molecule has 4 aliphatic heterocycles. The Morgan fingerprint density at radius 1 is 1.25 bits per heavy atom. The SMILES string of the molecule is CC(C)(C)OC(=O)N1C2CC1CN(c1nc3c(OC(F)(F)C4(C)CO4)ccc(-c4nccs4)c3o1)C2. The number of thiazole rings is 1. The summed E-state index contributed by atoms with van der Waals surface area (Å²) >= 11 is 1.40. The number of epoxide rings is 1. The third-order valence-electron chi connectivity index (χ3n) is 6.66. The Kier molecular flexibility index (Phi) is 5.04. The van der Waals surface area contributed by atoms with Crippen molar-refractivity contribution in [3.8, 4) is 16.3 Å². The number of piperazine rings is 1. The number of piperidine rings is 1.